The molecule has 2 rings (SSSR count). The van der Waals surface area contributed by atoms with Crippen molar-refractivity contribution in [1.82, 2.24) is 0 Å². The lowest BCUT2D eigenvalue weighted by Crippen LogP contribution is -2.28. The Morgan fingerprint density at radius 2 is 1.95 bits per heavy atom. The Hall–Kier alpha value is -0.870. The number of halogens is 1. The van der Waals surface area contributed by atoms with Crippen LogP contribution < -0.4 is 4.74 Å². The number of hydrogen-bond acceptors (Lipinski definition) is 3. The van der Waals surface area contributed by atoms with E-state index in [1.54, 1.807) is 0 Å². The van der Waals surface area contributed by atoms with Crippen LogP contribution in [0, 0.1) is 6.92 Å². The van der Waals surface area contributed by atoms with Crippen LogP contribution in [0.1, 0.15) is 31.2 Å². The zero-order chi connectivity index (χ0) is 13.7. The van der Waals surface area contributed by atoms with Gasteiger partial charge in [0.05, 0.1) is 12.2 Å². The third-order valence-corrected chi connectivity index (χ3v) is 4.34. The Bertz CT molecular complexity index is 425. The Morgan fingerprint density at radius 1 is 1.26 bits per heavy atom. The van der Waals surface area contributed by atoms with Crippen LogP contribution in [-0.4, -0.2) is 25.1 Å². The van der Waals surface area contributed by atoms with Crippen LogP contribution >= 0.6 is 15.9 Å². The second kappa shape index (κ2) is 7.06. The zero-order valence-corrected chi connectivity index (χ0v) is 12.7. The maximum atomic E-state index is 10.3. The molecule has 1 saturated carbocycles. The molecule has 1 aromatic carbocycles. The van der Waals surface area contributed by atoms with Gasteiger partial charge in [-0.05, 0) is 56.4 Å². The molecule has 0 saturated heterocycles. The van der Waals surface area contributed by atoms with Gasteiger partial charge < -0.3 is 14.3 Å². The van der Waals surface area contributed by atoms with Crippen LogP contribution in [0.4, 0.5) is 0 Å². The first kappa shape index (κ1) is 14.5. The summed E-state index contributed by atoms with van der Waals surface area (Å²) in [6.45, 7) is 2.27. The van der Waals surface area contributed by atoms with Gasteiger partial charge >= 0.3 is 0 Å². The first-order valence-electron chi connectivity index (χ1n) is 6.67. The highest BCUT2D eigenvalue weighted by molar-refractivity contribution is 9.10. The molecular formula is C15H19BrO3. The highest BCUT2D eigenvalue weighted by atomic mass is 79.9. The van der Waals surface area contributed by atoms with E-state index in [0.717, 1.165) is 42.2 Å². The third-order valence-electron chi connectivity index (χ3n) is 3.45. The maximum Gasteiger partial charge on any atom is 0.145 e. The van der Waals surface area contributed by atoms with Crippen molar-refractivity contribution in [3.63, 3.8) is 0 Å². The van der Waals surface area contributed by atoms with Gasteiger partial charge in [-0.2, -0.15) is 0 Å². The van der Waals surface area contributed by atoms with Gasteiger partial charge in [0, 0.05) is 4.47 Å². The van der Waals surface area contributed by atoms with E-state index in [1.165, 1.54) is 5.56 Å². The number of rotatable bonds is 5. The molecule has 0 unspecified atom stereocenters. The molecule has 104 valence electrons. The van der Waals surface area contributed by atoms with Gasteiger partial charge in [-0.25, -0.2) is 0 Å². The summed E-state index contributed by atoms with van der Waals surface area (Å²) in [6.07, 6.45) is 5.19. The third kappa shape index (κ3) is 4.32. The van der Waals surface area contributed by atoms with E-state index in [-0.39, 0.29) is 18.8 Å². The van der Waals surface area contributed by atoms with Crippen molar-refractivity contribution in [2.75, 3.05) is 6.61 Å². The Morgan fingerprint density at radius 3 is 2.58 bits per heavy atom. The minimum Gasteiger partial charge on any atom is -0.490 e. The van der Waals surface area contributed by atoms with Gasteiger partial charge in [0.25, 0.3) is 0 Å². The van der Waals surface area contributed by atoms with Gasteiger partial charge in [-0.15, -0.1) is 0 Å². The largest absolute Gasteiger partial charge is 0.490 e. The maximum absolute atomic E-state index is 10.3. The van der Waals surface area contributed by atoms with E-state index in [2.05, 4.69) is 28.9 Å². The standard InChI is InChI=1S/C15H19BrO3/c1-11-10-14(6-7-15(11)16)19-13-4-2-12(3-5-13)18-9-8-17/h6-8,10,12-13H,2-5,9H2,1H3. The van der Waals surface area contributed by atoms with Crippen LogP contribution in [0.3, 0.4) is 0 Å². The summed E-state index contributed by atoms with van der Waals surface area (Å²) in [6, 6.07) is 6.06. The molecule has 19 heavy (non-hydrogen) atoms. The molecule has 0 aromatic heterocycles. The quantitative estimate of drug-likeness (QED) is 0.774. The summed E-state index contributed by atoms with van der Waals surface area (Å²) in [5.41, 5.74) is 1.18. The summed E-state index contributed by atoms with van der Waals surface area (Å²) >= 11 is 3.49. The molecule has 0 atom stereocenters. The van der Waals surface area contributed by atoms with Crippen molar-refractivity contribution in [3.8, 4) is 5.75 Å². The Balaban J connectivity index is 1.81. The molecule has 0 radical (unpaired) electrons. The lowest BCUT2D eigenvalue weighted by molar-refractivity contribution is -0.114. The second-order valence-electron chi connectivity index (χ2n) is 4.93. The molecule has 0 heterocycles. The van der Waals surface area contributed by atoms with Crippen molar-refractivity contribution in [2.24, 2.45) is 0 Å². The summed E-state index contributed by atoms with van der Waals surface area (Å²) in [7, 11) is 0. The highest BCUT2D eigenvalue weighted by Crippen LogP contribution is 2.27. The minimum absolute atomic E-state index is 0.210. The molecule has 0 spiro atoms. The summed E-state index contributed by atoms with van der Waals surface area (Å²) in [5, 5.41) is 0. The zero-order valence-electron chi connectivity index (χ0n) is 11.1. The minimum atomic E-state index is 0.210. The fraction of sp³-hybridized carbons (Fsp3) is 0.533. The number of ether oxygens (including phenoxy) is 2. The average Bonchev–Trinajstić information content (AvgIpc) is 2.42. The van der Waals surface area contributed by atoms with Crippen LogP contribution in [0.5, 0.6) is 5.75 Å². The summed E-state index contributed by atoms with van der Waals surface area (Å²) in [4.78, 5) is 10.3. The summed E-state index contributed by atoms with van der Waals surface area (Å²) in [5.74, 6) is 0.929. The molecule has 0 aliphatic heterocycles. The fourth-order valence-corrected chi connectivity index (χ4v) is 2.62. The molecule has 0 bridgehead atoms. The molecule has 1 fully saturated rings. The SMILES string of the molecule is Cc1cc(OC2CCC(OCC=O)CC2)ccc1Br. The first-order valence-corrected chi connectivity index (χ1v) is 7.46. The van der Waals surface area contributed by atoms with Crippen LogP contribution in [0.2, 0.25) is 0 Å². The fourth-order valence-electron chi connectivity index (χ4n) is 2.38. The van der Waals surface area contributed by atoms with Gasteiger partial charge in [0.1, 0.15) is 18.6 Å². The predicted octanol–water partition coefficient (Wildman–Crippen LogP) is 3.66. The molecule has 1 aliphatic rings. The summed E-state index contributed by atoms with van der Waals surface area (Å²) < 4.78 is 12.5. The lowest BCUT2D eigenvalue weighted by Gasteiger charge is -2.28. The van der Waals surface area contributed by atoms with Crippen molar-refractivity contribution in [3.05, 3.63) is 28.2 Å². The Labute approximate surface area is 122 Å². The molecular weight excluding hydrogens is 308 g/mol. The van der Waals surface area contributed by atoms with Crippen molar-refractivity contribution < 1.29 is 14.3 Å². The molecule has 0 N–H and O–H groups in total. The van der Waals surface area contributed by atoms with E-state index in [1.807, 2.05) is 12.1 Å². The van der Waals surface area contributed by atoms with Crippen molar-refractivity contribution in [2.45, 2.75) is 44.8 Å². The van der Waals surface area contributed by atoms with Gasteiger partial charge in [0.2, 0.25) is 0 Å². The molecule has 0 amide bonds. The number of aldehydes is 1. The van der Waals surface area contributed by atoms with Crippen LogP contribution in [0.25, 0.3) is 0 Å². The first-order chi connectivity index (χ1) is 9.19. The van der Waals surface area contributed by atoms with Gasteiger partial charge in [-0.3, -0.25) is 0 Å². The molecule has 1 aliphatic carbocycles. The molecule has 3 nitrogen and oxygen atoms in total. The van der Waals surface area contributed by atoms with Crippen LogP contribution in [0.15, 0.2) is 22.7 Å². The predicted molar refractivity (Wildman–Crippen MR) is 77.6 cm³/mol. The van der Waals surface area contributed by atoms with Crippen molar-refractivity contribution in [1.29, 1.82) is 0 Å². The number of aryl methyl sites for hydroxylation is 1. The highest BCUT2D eigenvalue weighted by Gasteiger charge is 2.22. The van der Waals surface area contributed by atoms with E-state index in [0.29, 0.717) is 0 Å². The second-order valence-corrected chi connectivity index (χ2v) is 5.78. The Kier molecular flexibility index (Phi) is 5.40. The topological polar surface area (TPSA) is 35.5 Å². The number of carbonyl (C=O) groups excluding carboxylic acids is 1. The van der Waals surface area contributed by atoms with Crippen LogP contribution in [-0.2, 0) is 9.53 Å². The number of hydrogen-bond donors (Lipinski definition) is 0. The number of carbonyl (C=O) groups is 1. The van der Waals surface area contributed by atoms with Crippen molar-refractivity contribution >= 4 is 22.2 Å². The van der Waals surface area contributed by atoms with Gasteiger partial charge in [-0.1, -0.05) is 15.9 Å². The molecule has 4 heteroatoms. The van der Waals surface area contributed by atoms with E-state index in [9.17, 15) is 4.79 Å². The van der Waals surface area contributed by atoms with E-state index in [4.69, 9.17) is 9.47 Å². The normalized spacial score (nSPS) is 23.1. The van der Waals surface area contributed by atoms with E-state index < -0.39 is 0 Å². The molecule has 1 aromatic rings. The number of benzene rings is 1. The monoisotopic (exact) mass is 326 g/mol. The average molecular weight is 327 g/mol. The van der Waals surface area contributed by atoms with Gasteiger partial charge in [0.15, 0.2) is 0 Å². The lowest BCUT2D eigenvalue weighted by atomic mass is 9.95. The smallest absolute Gasteiger partial charge is 0.145 e. The van der Waals surface area contributed by atoms with E-state index >= 15 is 0 Å².